The Hall–Kier alpha value is -1.29. The van der Waals surface area contributed by atoms with Crippen molar-refractivity contribution in [2.45, 2.75) is 0 Å². The first-order chi connectivity index (χ1) is 10.7. The average Bonchev–Trinajstić information content (AvgIpc) is 2.49. The zero-order valence-electron chi connectivity index (χ0n) is 11.4. The van der Waals surface area contributed by atoms with Crippen LogP contribution >= 0.6 is 17.0 Å². The summed E-state index contributed by atoms with van der Waals surface area (Å²) in [6.07, 6.45) is 0.986. The molecule has 2 rings (SSSR count). The van der Waals surface area contributed by atoms with Crippen LogP contribution in [0.25, 0.3) is 0 Å². The van der Waals surface area contributed by atoms with E-state index in [1.165, 1.54) is 0 Å². The van der Waals surface area contributed by atoms with Crippen LogP contribution in [-0.2, 0) is 30.4 Å². The van der Waals surface area contributed by atoms with Gasteiger partial charge in [-0.3, -0.25) is 0 Å². The number of rotatable bonds is 4. The second-order valence-corrected chi connectivity index (χ2v) is 7.66. The van der Waals surface area contributed by atoms with Crippen LogP contribution in [0.5, 0.6) is 0 Å². The van der Waals surface area contributed by atoms with Crippen LogP contribution in [0.3, 0.4) is 0 Å². The minimum absolute atomic E-state index is 0.459. The molecule has 0 aliphatic rings. The first-order valence-corrected chi connectivity index (χ1v) is 12.5. The molecule has 0 unspecified atom stereocenters. The van der Waals surface area contributed by atoms with E-state index in [9.17, 15) is 9.59 Å². The fourth-order valence-electron chi connectivity index (χ4n) is 1.52. The first kappa shape index (κ1) is 18.8. The minimum atomic E-state index is -0.826. The summed E-state index contributed by atoms with van der Waals surface area (Å²) >= 11 is -0.826. The number of benzene rings is 2. The van der Waals surface area contributed by atoms with Gasteiger partial charge in [0.25, 0.3) is 0 Å². The molecule has 0 radical (unpaired) electrons. The second kappa shape index (κ2) is 11.3. The van der Waals surface area contributed by atoms with Gasteiger partial charge in [-0.05, 0) is 24.3 Å². The quantitative estimate of drug-likeness (QED) is 0.589. The molecule has 0 saturated carbocycles. The van der Waals surface area contributed by atoms with E-state index in [0.717, 1.165) is 6.42 Å². The summed E-state index contributed by atoms with van der Waals surface area (Å²) < 4.78 is 0. The Bertz CT molecular complexity index is 531. The number of para-hydroxylation sites is 2. The molecular weight excluding hydrogens is 402 g/mol. The molecule has 4 nitrogen and oxygen atoms in total. The maximum atomic E-state index is 11.6. The van der Waals surface area contributed by atoms with E-state index in [0.29, 0.717) is 11.4 Å². The van der Waals surface area contributed by atoms with Gasteiger partial charge in [-0.25, -0.2) is 6.42 Å². The average molecular weight is 415 g/mol. The molecule has 0 bridgehead atoms. The maximum absolute atomic E-state index is 11.6. The number of hydrogen-bond donors (Lipinski definition) is 2. The Morgan fingerprint density at radius 2 is 1.09 bits per heavy atom. The predicted molar refractivity (Wildman–Crippen MR) is 86.1 cm³/mol. The Balaban J connectivity index is 0.000000745. The van der Waals surface area contributed by atoms with Crippen molar-refractivity contribution >= 4 is 40.2 Å². The Morgan fingerprint density at radius 3 is 1.41 bits per heavy atom. The van der Waals surface area contributed by atoms with Crippen molar-refractivity contribution < 1.29 is 30.4 Å². The number of amides is 2. The monoisotopic (exact) mass is 413 g/mol. The molecule has 2 amide bonds. The molecule has 0 aliphatic heterocycles. The van der Waals surface area contributed by atoms with E-state index in [1.54, 1.807) is 48.5 Å². The van der Waals surface area contributed by atoms with Crippen LogP contribution < -0.4 is 10.6 Å². The van der Waals surface area contributed by atoms with Crippen LogP contribution in [0.4, 0.5) is 11.4 Å². The molecule has 0 fully saturated rings. The Labute approximate surface area is 147 Å². The van der Waals surface area contributed by atoms with Crippen molar-refractivity contribution in [2.24, 2.45) is 0 Å². The molecule has 2 aromatic rings. The third-order valence-corrected chi connectivity index (χ3v) is 2.34. The van der Waals surface area contributed by atoms with Crippen molar-refractivity contribution in [3.63, 3.8) is 0 Å². The molecular formula is C15H13Cl2N2O2Zr-. The molecule has 0 saturated heterocycles. The topological polar surface area (TPSA) is 58.2 Å². The van der Waals surface area contributed by atoms with Gasteiger partial charge >= 0.3 is 37.9 Å². The third-order valence-electron chi connectivity index (χ3n) is 2.34. The SMILES string of the molecule is O=C([CH-]C(=O)Nc1ccccc1)Nc1ccccc1.[Cl][Zr][Cl]. The first-order valence-electron chi connectivity index (χ1n) is 6.18. The van der Waals surface area contributed by atoms with E-state index < -0.39 is 32.7 Å². The molecule has 0 heterocycles. The van der Waals surface area contributed by atoms with Gasteiger partial charge in [0, 0.05) is 11.4 Å². The van der Waals surface area contributed by atoms with Crippen LogP contribution in [0, 0.1) is 6.42 Å². The zero-order chi connectivity index (χ0) is 16.2. The molecule has 2 aromatic carbocycles. The predicted octanol–water partition coefficient (Wildman–Crippen LogP) is 3.84. The van der Waals surface area contributed by atoms with Crippen LogP contribution in [0.1, 0.15) is 0 Å². The van der Waals surface area contributed by atoms with Gasteiger partial charge in [-0.1, -0.05) is 36.4 Å². The summed E-state index contributed by atoms with van der Waals surface area (Å²) in [4.78, 5) is 23.2. The molecule has 0 aliphatic carbocycles. The number of nitrogens with one attached hydrogen (secondary N) is 2. The van der Waals surface area contributed by atoms with Gasteiger partial charge in [-0.15, -0.1) is 0 Å². The van der Waals surface area contributed by atoms with E-state index in [-0.39, 0.29) is 0 Å². The summed E-state index contributed by atoms with van der Waals surface area (Å²) in [6, 6.07) is 17.9. The number of carbonyl (C=O) groups excluding carboxylic acids is 2. The normalized spacial score (nSPS) is 8.82. The number of carbonyl (C=O) groups is 2. The second-order valence-electron chi connectivity index (χ2n) is 3.93. The fourth-order valence-corrected chi connectivity index (χ4v) is 1.52. The van der Waals surface area contributed by atoms with Gasteiger partial charge in [0.2, 0.25) is 0 Å². The molecule has 22 heavy (non-hydrogen) atoms. The summed E-state index contributed by atoms with van der Waals surface area (Å²) in [7, 11) is 9.87. The molecule has 0 aromatic heterocycles. The van der Waals surface area contributed by atoms with Gasteiger partial charge < -0.3 is 20.2 Å². The van der Waals surface area contributed by atoms with Crippen molar-refractivity contribution in [3.8, 4) is 0 Å². The van der Waals surface area contributed by atoms with E-state index in [4.69, 9.17) is 17.0 Å². The fraction of sp³-hybridized carbons (Fsp3) is 0. The molecule has 7 heteroatoms. The van der Waals surface area contributed by atoms with Crippen molar-refractivity contribution in [3.05, 3.63) is 67.1 Å². The molecule has 2 N–H and O–H groups in total. The number of hydrogen-bond acceptors (Lipinski definition) is 2. The van der Waals surface area contributed by atoms with Gasteiger partial charge in [-0.2, -0.15) is 0 Å². The third kappa shape index (κ3) is 8.23. The summed E-state index contributed by atoms with van der Waals surface area (Å²) in [5.74, 6) is -0.917. The molecule has 114 valence electrons. The van der Waals surface area contributed by atoms with Crippen molar-refractivity contribution in [2.75, 3.05) is 10.6 Å². The van der Waals surface area contributed by atoms with Gasteiger partial charge in [0.15, 0.2) is 0 Å². The van der Waals surface area contributed by atoms with Crippen LogP contribution in [0.2, 0.25) is 0 Å². The summed E-state index contributed by atoms with van der Waals surface area (Å²) in [5, 5.41) is 5.21. The molecule has 0 spiro atoms. The number of halogens is 2. The van der Waals surface area contributed by atoms with E-state index in [2.05, 4.69) is 10.6 Å². The van der Waals surface area contributed by atoms with E-state index in [1.807, 2.05) is 12.1 Å². The van der Waals surface area contributed by atoms with Gasteiger partial charge in [0.1, 0.15) is 0 Å². The van der Waals surface area contributed by atoms with Gasteiger partial charge in [0.05, 0.1) is 11.8 Å². The molecule has 0 atom stereocenters. The standard InChI is InChI=1S/C15H13N2O2.2ClH.Zr/c18-14(16-12-7-3-1-4-8-12)11-15(19)17-13-9-5-2-6-10-13;;;/h1-11H,(H,16,18)(H,17,19);2*1H;/q-1;;;+2/p-2. The van der Waals surface area contributed by atoms with Crippen LogP contribution in [-0.4, -0.2) is 11.8 Å². The van der Waals surface area contributed by atoms with Crippen molar-refractivity contribution in [1.82, 2.24) is 0 Å². The summed E-state index contributed by atoms with van der Waals surface area (Å²) in [6.45, 7) is 0. The Kier molecular flexibility index (Phi) is 9.64. The number of anilines is 2. The van der Waals surface area contributed by atoms with E-state index >= 15 is 0 Å². The zero-order valence-corrected chi connectivity index (χ0v) is 15.4. The Morgan fingerprint density at radius 1 is 0.773 bits per heavy atom. The summed E-state index contributed by atoms with van der Waals surface area (Å²) in [5.41, 5.74) is 1.30. The van der Waals surface area contributed by atoms with Crippen LogP contribution in [0.15, 0.2) is 60.7 Å². The van der Waals surface area contributed by atoms with Crippen molar-refractivity contribution in [1.29, 1.82) is 0 Å².